The van der Waals surface area contributed by atoms with Gasteiger partial charge in [0.15, 0.2) is 0 Å². The van der Waals surface area contributed by atoms with Crippen LogP contribution in [0.4, 0.5) is 5.69 Å². The van der Waals surface area contributed by atoms with Crippen LogP contribution in [-0.2, 0) is 24.8 Å². The topological polar surface area (TPSA) is 117 Å². The van der Waals surface area contributed by atoms with Gasteiger partial charge in [0.2, 0.25) is 26.0 Å². The van der Waals surface area contributed by atoms with Gasteiger partial charge in [-0.3, -0.25) is 9.69 Å². The number of amides is 1. The van der Waals surface area contributed by atoms with Gasteiger partial charge in [0.25, 0.3) is 0 Å². The lowest BCUT2D eigenvalue weighted by atomic mass is 9.97. The van der Waals surface area contributed by atoms with Gasteiger partial charge >= 0.3 is 0 Å². The van der Waals surface area contributed by atoms with E-state index in [1.54, 1.807) is 19.3 Å². The molecule has 1 atom stereocenters. The molecule has 180 valence electrons. The first-order valence-electron chi connectivity index (χ1n) is 11.0. The maximum atomic E-state index is 13.3. The Bertz CT molecular complexity index is 1220. The van der Waals surface area contributed by atoms with E-state index >= 15 is 0 Å². The molecule has 1 unspecified atom stereocenters. The molecule has 33 heavy (non-hydrogen) atoms. The first-order chi connectivity index (χ1) is 15.6. The maximum Gasteiger partial charge on any atom is 0.242 e. The quantitative estimate of drug-likeness (QED) is 0.627. The summed E-state index contributed by atoms with van der Waals surface area (Å²) in [6.07, 6.45) is 3.52. The number of aryl methyl sites for hydroxylation is 1. The zero-order chi connectivity index (χ0) is 23.8. The second kappa shape index (κ2) is 9.21. The highest BCUT2D eigenvalue weighted by Gasteiger charge is 2.37. The van der Waals surface area contributed by atoms with Crippen molar-refractivity contribution in [3.8, 4) is 0 Å². The van der Waals surface area contributed by atoms with Crippen LogP contribution in [0.15, 0.2) is 45.9 Å². The molecule has 9 nitrogen and oxygen atoms in total. The minimum absolute atomic E-state index is 0.0380. The number of sulfonamides is 2. The molecule has 2 fully saturated rings. The predicted octanol–water partition coefficient (Wildman–Crippen LogP) is 2.41. The number of nitrogens with one attached hydrogen (secondary N) is 1. The number of piperidine rings is 1. The third-order valence-corrected chi connectivity index (χ3v) is 9.63. The number of rotatable bonds is 7. The van der Waals surface area contributed by atoms with Crippen molar-refractivity contribution < 1.29 is 26.0 Å². The fourth-order valence-electron chi connectivity index (χ4n) is 4.37. The van der Waals surface area contributed by atoms with E-state index in [-0.39, 0.29) is 35.3 Å². The molecule has 11 heteroatoms. The highest BCUT2D eigenvalue weighted by molar-refractivity contribution is 7.94. The SMILES string of the molecule is Cc1ccc(N2C(=O)CCS2(=O)=O)cc1S(=O)(=O)NCC(c1ccco1)N1CCC(C)CC1. The zero-order valence-corrected chi connectivity index (χ0v) is 20.4. The lowest BCUT2D eigenvalue weighted by Crippen LogP contribution is -2.41. The van der Waals surface area contributed by atoms with Crippen molar-refractivity contribution in [2.24, 2.45) is 5.92 Å². The number of carbonyl (C=O) groups excluding carboxylic acids is 1. The van der Waals surface area contributed by atoms with Crippen LogP contribution in [0.5, 0.6) is 0 Å². The molecule has 3 heterocycles. The summed E-state index contributed by atoms with van der Waals surface area (Å²) < 4.78 is 60.1. The Morgan fingerprint density at radius 2 is 1.94 bits per heavy atom. The molecule has 1 amide bonds. The van der Waals surface area contributed by atoms with E-state index in [0.29, 0.717) is 21.5 Å². The summed E-state index contributed by atoms with van der Waals surface area (Å²) in [6, 6.07) is 7.59. The summed E-state index contributed by atoms with van der Waals surface area (Å²) >= 11 is 0. The molecule has 0 radical (unpaired) electrons. The largest absolute Gasteiger partial charge is 0.468 e. The third kappa shape index (κ3) is 5.01. The highest BCUT2D eigenvalue weighted by atomic mass is 32.2. The van der Waals surface area contributed by atoms with Crippen molar-refractivity contribution in [1.82, 2.24) is 9.62 Å². The van der Waals surface area contributed by atoms with Crippen LogP contribution in [-0.4, -0.2) is 53.0 Å². The summed E-state index contributed by atoms with van der Waals surface area (Å²) in [5, 5.41) is 0. The molecule has 0 aliphatic carbocycles. The lowest BCUT2D eigenvalue weighted by molar-refractivity contribution is -0.116. The van der Waals surface area contributed by atoms with Gasteiger partial charge in [0.05, 0.1) is 28.6 Å². The van der Waals surface area contributed by atoms with Crippen molar-refractivity contribution in [1.29, 1.82) is 0 Å². The normalized spacial score (nSPS) is 20.9. The Morgan fingerprint density at radius 3 is 2.55 bits per heavy atom. The second-order valence-corrected chi connectivity index (χ2v) is 12.4. The summed E-state index contributed by atoms with van der Waals surface area (Å²) in [5.74, 6) is 0.475. The Balaban J connectivity index is 1.58. The number of hydrogen-bond donors (Lipinski definition) is 1. The van der Waals surface area contributed by atoms with Gasteiger partial charge in [-0.05, 0) is 68.6 Å². The molecule has 1 aromatic carbocycles. The molecule has 0 saturated carbocycles. The molecule has 2 saturated heterocycles. The van der Waals surface area contributed by atoms with Crippen molar-refractivity contribution in [3.63, 3.8) is 0 Å². The summed E-state index contributed by atoms with van der Waals surface area (Å²) in [4.78, 5) is 14.3. The molecule has 1 N–H and O–H groups in total. The van der Waals surface area contributed by atoms with Gasteiger partial charge in [-0.1, -0.05) is 13.0 Å². The number of anilines is 1. The fraction of sp³-hybridized carbons (Fsp3) is 0.500. The molecule has 0 bridgehead atoms. The van der Waals surface area contributed by atoms with Crippen LogP contribution in [0, 0.1) is 12.8 Å². The molecular weight excluding hydrogens is 466 g/mol. The zero-order valence-electron chi connectivity index (χ0n) is 18.7. The first kappa shape index (κ1) is 23.9. The number of benzene rings is 1. The van der Waals surface area contributed by atoms with Crippen molar-refractivity contribution in [2.75, 3.05) is 29.7 Å². The van der Waals surface area contributed by atoms with Gasteiger partial charge < -0.3 is 4.42 Å². The molecular formula is C22H29N3O6S2. The summed E-state index contributed by atoms with van der Waals surface area (Å²) in [5.41, 5.74) is 0.493. The van der Waals surface area contributed by atoms with E-state index in [1.807, 2.05) is 6.07 Å². The summed E-state index contributed by atoms with van der Waals surface area (Å²) in [6.45, 7) is 5.64. The average molecular weight is 496 g/mol. The van der Waals surface area contributed by atoms with E-state index in [4.69, 9.17) is 4.42 Å². The number of nitrogens with zero attached hydrogens (tertiary/aromatic N) is 2. The van der Waals surface area contributed by atoms with Gasteiger partial charge in [0, 0.05) is 13.0 Å². The van der Waals surface area contributed by atoms with Crippen molar-refractivity contribution in [3.05, 3.63) is 47.9 Å². The first-order valence-corrected chi connectivity index (χ1v) is 14.1. The molecule has 1 aromatic heterocycles. The smallest absolute Gasteiger partial charge is 0.242 e. The van der Waals surface area contributed by atoms with Gasteiger partial charge in [0.1, 0.15) is 5.76 Å². The van der Waals surface area contributed by atoms with Gasteiger partial charge in [-0.15, -0.1) is 0 Å². The monoisotopic (exact) mass is 495 g/mol. The Kier molecular flexibility index (Phi) is 6.68. The lowest BCUT2D eigenvalue weighted by Gasteiger charge is -2.35. The molecule has 2 aliphatic heterocycles. The number of hydrogen-bond acceptors (Lipinski definition) is 7. The van der Waals surface area contributed by atoms with Crippen molar-refractivity contribution >= 4 is 31.6 Å². The summed E-state index contributed by atoms with van der Waals surface area (Å²) in [7, 11) is -7.77. The van der Waals surface area contributed by atoms with Gasteiger partial charge in [-0.2, -0.15) is 0 Å². The van der Waals surface area contributed by atoms with Crippen LogP contribution < -0.4 is 9.03 Å². The average Bonchev–Trinajstić information content (AvgIpc) is 3.38. The molecule has 2 aromatic rings. The molecule has 2 aliphatic rings. The second-order valence-electron chi connectivity index (χ2n) is 8.78. The van der Waals surface area contributed by atoms with Crippen LogP contribution in [0.25, 0.3) is 0 Å². The van der Waals surface area contributed by atoms with Crippen LogP contribution in [0.1, 0.15) is 43.6 Å². The van der Waals surface area contributed by atoms with E-state index in [0.717, 1.165) is 25.9 Å². The minimum atomic E-state index is -3.98. The standard InChI is InChI=1S/C22H29N3O6S2/c1-16-7-10-24(11-8-16)19(20-4-3-12-31-20)15-23-33(29,30)21-14-18(6-5-17(21)2)25-22(26)9-13-32(25,27)28/h3-6,12,14,16,19,23H,7-11,13,15H2,1-2H3. The Labute approximate surface area is 194 Å². The number of carbonyl (C=O) groups is 1. The van der Waals surface area contributed by atoms with Crippen molar-refractivity contribution in [2.45, 2.75) is 44.0 Å². The maximum absolute atomic E-state index is 13.3. The minimum Gasteiger partial charge on any atom is -0.468 e. The van der Waals surface area contributed by atoms with E-state index in [9.17, 15) is 21.6 Å². The van der Waals surface area contributed by atoms with E-state index in [2.05, 4.69) is 16.5 Å². The van der Waals surface area contributed by atoms with Crippen LogP contribution in [0.3, 0.4) is 0 Å². The Hall–Kier alpha value is -2.21. The molecule has 4 rings (SSSR count). The highest BCUT2D eigenvalue weighted by Crippen LogP contribution is 2.30. The number of furan rings is 1. The van der Waals surface area contributed by atoms with Gasteiger partial charge in [-0.25, -0.2) is 25.9 Å². The van der Waals surface area contributed by atoms with Crippen LogP contribution >= 0.6 is 0 Å². The van der Waals surface area contributed by atoms with E-state index < -0.39 is 26.0 Å². The Morgan fingerprint density at radius 1 is 1.21 bits per heavy atom. The van der Waals surface area contributed by atoms with E-state index in [1.165, 1.54) is 18.2 Å². The molecule has 0 spiro atoms. The third-order valence-electron chi connectivity index (χ3n) is 6.37. The number of likely N-dealkylation sites (tertiary alicyclic amines) is 1. The van der Waals surface area contributed by atoms with Crippen LogP contribution in [0.2, 0.25) is 0 Å². The fourth-order valence-corrected chi connectivity index (χ4v) is 7.12. The predicted molar refractivity (Wildman–Crippen MR) is 124 cm³/mol.